The molecule has 2 nitrogen and oxygen atoms in total. The first-order valence-corrected chi connectivity index (χ1v) is 8.20. The number of hydrogen-bond donors (Lipinski definition) is 1. The van der Waals surface area contributed by atoms with Crippen LogP contribution in [-0.4, -0.2) is 17.0 Å². The highest BCUT2D eigenvalue weighted by atomic mass is 16.3. The highest BCUT2D eigenvalue weighted by molar-refractivity contribution is 6.00. The molecular formula is C18H24O2. The summed E-state index contributed by atoms with van der Waals surface area (Å²) >= 11 is 0. The average Bonchev–Trinajstić information content (AvgIpc) is 2.74. The Morgan fingerprint density at radius 3 is 2.90 bits per heavy atom. The van der Waals surface area contributed by atoms with Gasteiger partial charge in [-0.3, -0.25) is 4.79 Å². The summed E-state index contributed by atoms with van der Waals surface area (Å²) in [6.07, 6.45) is 12.6. The SMILES string of the molecule is C[C@]12CC[C@@H]3[C@H](CCC4=CC(=O)C=C[C@H]43)[C@@H]1CC[C@@H]2O. The molecule has 20 heavy (non-hydrogen) atoms. The summed E-state index contributed by atoms with van der Waals surface area (Å²) in [4.78, 5) is 11.6. The highest BCUT2D eigenvalue weighted by Crippen LogP contribution is 2.61. The van der Waals surface area contributed by atoms with Gasteiger partial charge in [0.1, 0.15) is 0 Å². The summed E-state index contributed by atoms with van der Waals surface area (Å²) in [6.45, 7) is 2.32. The third kappa shape index (κ3) is 1.64. The van der Waals surface area contributed by atoms with Gasteiger partial charge in [0.15, 0.2) is 5.78 Å². The summed E-state index contributed by atoms with van der Waals surface area (Å²) < 4.78 is 0. The molecular weight excluding hydrogens is 248 g/mol. The van der Waals surface area contributed by atoms with E-state index in [1.807, 2.05) is 6.08 Å². The topological polar surface area (TPSA) is 37.3 Å². The smallest absolute Gasteiger partial charge is 0.178 e. The zero-order valence-electron chi connectivity index (χ0n) is 12.2. The second-order valence-corrected chi connectivity index (χ2v) is 7.62. The first-order valence-electron chi connectivity index (χ1n) is 8.20. The molecule has 0 spiro atoms. The van der Waals surface area contributed by atoms with E-state index in [9.17, 15) is 9.90 Å². The van der Waals surface area contributed by atoms with Crippen molar-refractivity contribution in [3.8, 4) is 0 Å². The number of carbonyl (C=O) groups is 1. The second-order valence-electron chi connectivity index (χ2n) is 7.62. The van der Waals surface area contributed by atoms with Crippen LogP contribution in [0.1, 0.15) is 45.4 Å². The fourth-order valence-corrected chi connectivity index (χ4v) is 5.79. The van der Waals surface area contributed by atoms with Crippen LogP contribution in [0.25, 0.3) is 0 Å². The van der Waals surface area contributed by atoms with Gasteiger partial charge in [-0.2, -0.15) is 0 Å². The number of hydrogen-bond acceptors (Lipinski definition) is 2. The zero-order valence-corrected chi connectivity index (χ0v) is 12.2. The number of aliphatic hydroxyl groups is 1. The quantitative estimate of drug-likeness (QED) is 0.735. The molecule has 0 aromatic heterocycles. The minimum absolute atomic E-state index is 0.0890. The van der Waals surface area contributed by atoms with Crippen LogP contribution in [0.2, 0.25) is 0 Å². The largest absolute Gasteiger partial charge is 0.393 e. The lowest BCUT2D eigenvalue weighted by Gasteiger charge is -2.52. The van der Waals surface area contributed by atoms with Crippen molar-refractivity contribution in [3.05, 3.63) is 23.8 Å². The van der Waals surface area contributed by atoms with Crippen molar-refractivity contribution >= 4 is 5.78 Å². The van der Waals surface area contributed by atoms with E-state index in [4.69, 9.17) is 0 Å². The Morgan fingerprint density at radius 2 is 2.05 bits per heavy atom. The molecule has 108 valence electrons. The fourth-order valence-electron chi connectivity index (χ4n) is 5.79. The molecule has 6 atom stereocenters. The van der Waals surface area contributed by atoms with Crippen LogP contribution in [0.4, 0.5) is 0 Å². The van der Waals surface area contributed by atoms with Gasteiger partial charge in [0.2, 0.25) is 0 Å². The van der Waals surface area contributed by atoms with E-state index in [0.717, 1.165) is 25.2 Å². The van der Waals surface area contributed by atoms with Gasteiger partial charge in [-0.1, -0.05) is 18.6 Å². The Balaban J connectivity index is 1.65. The number of carbonyl (C=O) groups excluding carboxylic acids is 1. The molecule has 0 bridgehead atoms. The molecule has 0 aliphatic heterocycles. The predicted molar refractivity (Wildman–Crippen MR) is 78.0 cm³/mol. The third-order valence-corrected chi connectivity index (χ3v) is 6.89. The van der Waals surface area contributed by atoms with Crippen LogP contribution in [-0.2, 0) is 4.79 Å². The molecule has 0 aromatic carbocycles. The predicted octanol–water partition coefficient (Wildman–Crippen LogP) is 3.27. The third-order valence-electron chi connectivity index (χ3n) is 6.89. The summed E-state index contributed by atoms with van der Waals surface area (Å²) in [5, 5.41) is 10.4. The maximum Gasteiger partial charge on any atom is 0.178 e. The molecule has 0 saturated heterocycles. The fraction of sp³-hybridized carbons (Fsp3) is 0.722. The number of aliphatic hydroxyl groups excluding tert-OH is 1. The maximum atomic E-state index is 11.6. The summed E-state index contributed by atoms with van der Waals surface area (Å²) in [5.41, 5.74) is 1.54. The van der Waals surface area contributed by atoms with Crippen molar-refractivity contribution in [2.24, 2.45) is 29.1 Å². The number of rotatable bonds is 0. The first-order chi connectivity index (χ1) is 9.59. The normalized spacial score (nSPS) is 50.2. The molecule has 0 unspecified atom stereocenters. The summed E-state index contributed by atoms with van der Waals surface area (Å²) in [6, 6.07) is 0. The Kier molecular flexibility index (Phi) is 2.76. The first kappa shape index (κ1) is 12.8. The minimum atomic E-state index is -0.0890. The molecule has 3 fully saturated rings. The van der Waals surface area contributed by atoms with Crippen molar-refractivity contribution in [1.29, 1.82) is 0 Å². The number of ketones is 1. The van der Waals surface area contributed by atoms with Crippen molar-refractivity contribution in [2.75, 3.05) is 0 Å². The molecule has 3 saturated carbocycles. The molecule has 0 amide bonds. The van der Waals surface area contributed by atoms with Gasteiger partial charge in [-0.15, -0.1) is 0 Å². The van der Waals surface area contributed by atoms with E-state index in [1.165, 1.54) is 24.8 Å². The summed E-state index contributed by atoms with van der Waals surface area (Å²) in [7, 11) is 0. The van der Waals surface area contributed by atoms with Crippen molar-refractivity contribution in [3.63, 3.8) is 0 Å². The van der Waals surface area contributed by atoms with Crippen molar-refractivity contribution < 1.29 is 9.90 Å². The molecule has 4 aliphatic rings. The lowest BCUT2D eigenvalue weighted by atomic mass is 9.53. The molecule has 2 heteroatoms. The van der Waals surface area contributed by atoms with E-state index in [1.54, 1.807) is 6.08 Å². The van der Waals surface area contributed by atoms with Crippen LogP contribution < -0.4 is 0 Å². The molecule has 0 heterocycles. The minimum Gasteiger partial charge on any atom is -0.393 e. The van der Waals surface area contributed by atoms with Crippen molar-refractivity contribution in [1.82, 2.24) is 0 Å². The van der Waals surface area contributed by atoms with E-state index in [2.05, 4.69) is 13.0 Å². The van der Waals surface area contributed by atoms with Crippen molar-refractivity contribution in [2.45, 2.75) is 51.6 Å². The van der Waals surface area contributed by atoms with Crippen LogP contribution in [0.15, 0.2) is 23.8 Å². The lowest BCUT2D eigenvalue weighted by molar-refractivity contribution is -0.110. The van der Waals surface area contributed by atoms with Gasteiger partial charge in [-0.05, 0) is 73.8 Å². The lowest BCUT2D eigenvalue weighted by Crippen LogP contribution is -2.47. The Labute approximate surface area is 120 Å². The Hall–Kier alpha value is -0.890. The summed E-state index contributed by atoms with van der Waals surface area (Å²) in [5.74, 6) is 2.85. The second kappa shape index (κ2) is 4.30. The van der Waals surface area contributed by atoms with Gasteiger partial charge in [0.05, 0.1) is 6.10 Å². The average molecular weight is 272 g/mol. The van der Waals surface area contributed by atoms with Gasteiger partial charge >= 0.3 is 0 Å². The Morgan fingerprint density at radius 1 is 1.20 bits per heavy atom. The van der Waals surface area contributed by atoms with Crippen LogP contribution in [0.5, 0.6) is 0 Å². The zero-order chi connectivity index (χ0) is 13.9. The van der Waals surface area contributed by atoms with Gasteiger partial charge in [0.25, 0.3) is 0 Å². The molecule has 1 N–H and O–H groups in total. The van der Waals surface area contributed by atoms with Crippen LogP contribution in [0, 0.1) is 29.1 Å². The van der Waals surface area contributed by atoms with Crippen LogP contribution >= 0.6 is 0 Å². The Bertz CT molecular complexity index is 504. The molecule has 0 aromatic rings. The van der Waals surface area contributed by atoms with Gasteiger partial charge < -0.3 is 5.11 Å². The number of fused-ring (bicyclic) bond motifs is 5. The van der Waals surface area contributed by atoms with E-state index in [-0.39, 0.29) is 17.3 Å². The highest BCUT2D eigenvalue weighted by Gasteiger charge is 2.55. The van der Waals surface area contributed by atoms with Gasteiger partial charge in [0, 0.05) is 5.92 Å². The van der Waals surface area contributed by atoms with Crippen LogP contribution in [0.3, 0.4) is 0 Å². The monoisotopic (exact) mass is 272 g/mol. The van der Waals surface area contributed by atoms with E-state index < -0.39 is 0 Å². The van der Waals surface area contributed by atoms with E-state index >= 15 is 0 Å². The maximum absolute atomic E-state index is 11.6. The molecule has 4 rings (SSSR count). The molecule has 4 aliphatic carbocycles. The van der Waals surface area contributed by atoms with Gasteiger partial charge in [-0.25, -0.2) is 0 Å². The molecule has 0 radical (unpaired) electrons. The number of allylic oxidation sites excluding steroid dienone is 4. The standard InChI is InChI=1S/C18H24O2/c1-18-9-8-14-13-5-3-12(19)10-11(13)2-4-15(14)16(18)6-7-17(18)20/h3,5,10,13-17,20H,2,4,6-9H2,1H3/t13-,14+,15+,16+,17+,18+/m1/s1. The van der Waals surface area contributed by atoms with E-state index in [0.29, 0.717) is 17.8 Å².